The van der Waals surface area contributed by atoms with Crippen molar-refractivity contribution in [3.8, 4) is 0 Å². The predicted octanol–water partition coefficient (Wildman–Crippen LogP) is 0.619. The van der Waals surface area contributed by atoms with Gasteiger partial charge in [-0.3, -0.25) is 0 Å². The van der Waals surface area contributed by atoms with E-state index in [4.69, 9.17) is 5.73 Å². The molecule has 0 amide bonds. The Morgan fingerprint density at radius 2 is 2.46 bits per heavy atom. The third-order valence-electron chi connectivity index (χ3n) is 1.85. The van der Waals surface area contributed by atoms with Gasteiger partial charge < -0.3 is 15.8 Å². The van der Waals surface area contributed by atoms with Crippen LogP contribution in [0.25, 0.3) is 0 Å². The van der Waals surface area contributed by atoms with Crippen LogP contribution in [-0.4, -0.2) is 21.2 Å². The van der Waals surface area contributed by atoms with Gasteiger partial charge in [0, 0.05) is 6.54 Å². The molecule has 0 spiro atoms. The Kier molecular flexibility index (Phi) is 2.62. The molecule has 1 aromatic rings. The first-order chi connectivity index (χ1) is 6.06. The molecule has 1 heterocycles. The van der Waals surface area contributed by atoms with Gasteiger partial charge in [0.15, 0.2) is 0 Å². The van der Waals surface area contributed by atoms with Crippen LogP contribution in [0.4, 0.5) is 5.82 Å². The summed E-state index contributed by atoms with van der Waals surface area (Å²) >= 11 is 0. The van der Waals surface area contributed by atoms with Crippen LogP contribution in [0.5, 0.6) is 0 Å². The molecule has 0 aliphatic heterocycles. The van der Waals surface area contributed by atoms with Gasteiger partial charge >= 0.3 is 5.82 Å². The van der Waals surface area contributed by atoms with E-state index in [-0.39, 0.29) is 11.9 Å². The third-order valence-corrected chi connectivity index (χ3v) is 1.85. The second kappa shape index (κ2) is 3.53. The first-order valence-corrected chi connectivity index (χ1v) is 3.96. The first-order valence-electron chi connectivity index (χ1n) is 3.96. The van der Waals surface area contributed by atoms with Gasteiger partial charge in [-0.1, -0.05) is 0 Å². The number of nitro groups is 1. The topological polar surface area (TPSA) is 87.0 Å². The molecule has 6 heteroatoms. The first kappa shape index (κ1) is 9.66. The summed E-state index contributed by atoms with van der Waals surface area (Å²) in [6.45, 7) is 3.93. The third kappa shape index (κ3) is 1.83. The largest absolute Gasteiger partial charge is 0.392 e. The lowest BCUT2D eigenvalue weighted by Gasteiger charge is -2.02. The summed E-state index contributed by atoms with van der Waals surface area (Å²) in [4.78, 5) is 9.95. The highest BCUT2D eigenvalue weighted by Crippen LogP contribution is 2.16. The maximum absolute atomic E-state index is 10.4. The van der Waals surface area contributed by atoms with Crippen molar-refractivity contribution in [2.75, 3.05) is 6.54 Å². The van der Waals surface area contributed by atoms with Crippen LogP contribution in [0.15, 0.2) is 6.20 Å². The molecule has 0 aromatic carbocycles. The molecule has 1 rings (SSSR count). The van der Waals surface area contributed by atoms with Crippen molar-refractivity contribution in [1.29, 1.82) is 0 Å². The fourth-order valence-electron chi connectivity index (χ4n) is 0.988. The van der Waals surface area contributed by atoms with Gasteiger partial charge in [-0.15, -0.1) is 0 Å². The normalized spacial score (nSPS) is 12.8. The molecule has 0 fully saturated rings. The van der Waals surface area contributed by atoms with E-state index < -0.39 is 4.92 Å². The lowest BCUT2D eigenvalue weighted by atomic mass is 10.3. The minimum Gasteiger partial charge on any atom is -0.358 e. The Labute approximate surface area is 75.5 Å². The second-order valence-corrected chi connectivity index (χ2v) is 2.96. The molecule has 1 unspecified atom stereocenters. The zero-order valence-electron chi connectivity index (χ0n) is 7.60. The summed E-state index contributed by atoms with van der Waals surface area (Å²) in [5.74, 6) is -0.0969. The molecule has 1 atom stereocenters. The van der Waals surface area contributed by atoms with E-state index in [1.165, 1.54) is 4.68 Å². The van der Waals surface area contributed by atoms with Crippen LogP contribution >= 0.6 is 0 Å². The minimum absolute atomic E-state index is 0.00704. The van der Waals surface area contributed by atoms with Crippen LogP contribution in [0, 0.1) is 17.0 Å². The Bertz CT molecular complexity index is 320. The van der Waals surface area contributed by atoms with E-state index in [1.807, 2.05) is 6.92 Å². The van der Waals surface area contributed by atoms with Gasteiger partial charge in [-0.25, -0.2) is 0 Å². The van der Waals surface area contributed by atoms with Crippen LogP contribution in [0.3, 0.4) is 0 Å². The quantitative estimate of drug-likeness (QED) is 0.551. The summed E-state index contributed by atoms with van der Waals surface area (Å²) in [6.07, 6.45) is 1.63. The molecule has 1 aromatic heterocycles. The molecule has 0 aliphatic rings. The van der Waals surface area contributed by atoms with Gasteiger partial charge in [0.05, 0.1) is 22.9 Å². The Morgan fingerprint density at radius 1 is 1.85 bits per heavy atom. The smallest absolute Gasteiger partial charge is 0.358 e. The number of rotatable bonds is 3. The number of aryl methyl sites for hydroxylation is 1. The van der Waals surface area contributed by atoms with Gasteiger partial charge in [-0.05, 0) is 18.8 Å². The SMILES string of the molecule is Cc1cn(C(C)CN)nc1[N+](=O)[O-]. The standard InChI is InChI=1S/C7H12N4O2/c1-5-4-10(6(2)3-8)9-7(5)11(12)13/h4,6H,3,8H2,1-2H3. The summed E-state index contributed by atoms with van der Waals surface area (Å²) < 4.78 is 1.52. The average Bonchev–Trinajstić information content (AvgIpc) is 2.46. The predicted molar refractivity (Wildman–Crippen MR) is 47.4 cm³/mol. The maximum atomic E-state index is 10.4. The summed E-state index contributed by atoms with van der Waals surface area (Å²) in [7, 11) is 0. The van der Waals surface area contributed by atoms with Gasteiger partial charge in [0.1, 0.15) is 0 Å². The average molecular weight is 184 g/mol. The van der Waals surface area contributed by atoms with E-state index in [0.29, 0.717) is 12.1 Å². The number of hydrogen-bond donors (Lipinski definition) is 1. The molecule has 6 nitrogen and oxygen atoms in total. The van der Waals surface area contributed by atoms with E-state index >= 15 is 0 Å². The Morgan fingerprint density at radius 3 is 2.85 bits per heavy atom. The summed E-state index contributed by atoms with van der Waals surface area (Å²) in [5.41, 5.74) is 5.97. The van der Waals surface area contributed by atoms with Crippen molar-refractivity contribution < 1.29 is 4.92 Å². The fraction of sp³-hybridized carbons (Fsp3) is 0.571. The monoisotopic (exact) mass is 184 g/mol. The van der Waals surface area contributed by atoms with E-state index in [9.17, 15) is 10.1 Å². The van der Waals surface area contributed by atoms with Crippen molar-refractivity contribution in [1.82, 2.24) is 9.78 Å². The molecular formula is C7H12N4O2. The number of nitrogens with two attached hydrogens (primary N) is 1. The van der Waals surface area contributed by atoms with Gasteiger partial charge in [0.2, 0.25) is 0 Å². The molecule has 72 valence electrons. The second-order valence-electron chi connectivity index (χ2n) is 2.96. The van der Waals surface area contributed by atoms with Gasteiger partial charge in [0.25, 0.3) is 0 Å². The van der Waals surface area contributed by atoms with Crippen molar-refractivity contribution in [3.05, 3.63) is 21.9 Å². The lowest BCUT2D eigenvalue weighted by molar-refractivity contribution is -0.390. The molecule has 0 saturated heterocycles. The minimum atomic E-state index is -0.491. The van der Waals surface area contributed by atoms with E-state index in [1.54, 1.807) is 13.1 Å². The summed E-state index contributed by atoms with van der Waals surface area (Å²) in [6, 6.07) is -0.00704. The van der Waals surface area contributed by atoms with Crippen LogP contribution in [-0.2, 0) is 0 Å². The Hall–Kier alpha value is -1.43. The highest BCUT2D eigenvalue weighted by atomic mass is 16.6. The van der Waals surface area contributed by atoms with Crippen molar-refractivity contribution in [3.63, 3.8) is 0 Å². The Balaban J connectivity index is 3.01. The molecule has 0 saturated carbocycles. The zero-order chi connectivity index (χ0) is 10.0. The molecule has 0 bridgehead atoms. The number of nitrogens with zero attached hydrogens (tertiary/aromatic N) is 3. The van der Waals surface area contributed by atoms with Crippen LogP contribution < -0.4 is 5.73 Å². The van der Waals surface area contributed by atoms with Crippen molar-refractivity contribution in [2.24, 2.45) is 5.73 Å². The van der Waals surface area contributed by atoms with E-state index in [0.717, 1.165) is 0 Å². The number of hydrogen-bond acceptors (Lipinski definition) is 4. The lowest BCUT2D eigenvalue weighted by Crippen LogP contribution is -2.16. The number of aromatic nitrogens is 2. The molecule has 2 N–H and O–H groups in total. The highest BCUT2D eigenvalue weighted by molar-refractivity contribution is 5.28. The zero-order valence-corrected chi connectivity index (χ0v) is 7.60. The summed E-state index contributed by atoms with van der Waals surface area (Å²) in [5, 5.41) is 14.3. The molecule has 13 heavy (non-hydrogen) atoms. The maximum Gasteiger partial charge on any atom is 0.392 e. The van der Waals surface area contributed by atoms with E-state index in [2.05, 4.69) is 5.10 Å². The highest BCUT2D eigenvalue weighted by Gasteiger charge is 2.19. The fourth-order valence-corrected chi connectivity index (χ4v) is 0.988. The van der Waals surface area contributed by atoms with Gasteiger partial charge in [-0.2, -0.15) is 4.68 Å². The molecule has 0 aliphatic carbocycles. The van der Waals surface area contributed by atoms with Crippen LogP contribution in [0.2, 0.25) is 0 Å². The molecular weight excluding hydrogens is 172 g/mol. The molecule has 0 radical (unpaired) electrons. The van der Waals surface area contributed by atoms with Crippen molar-refractivity contribution in [2.45, 2.75) is 19.9 Å². The van der Waals surface area contributed by atoms with Crippen molar-refractivity contribution >= 4 is 5.82 Å². The van der Waals surface area contributed by atoms with Crippen LogP contribution in [0.1, 0.15) is 18.5 Å².